The summed E-state index contributed by atoms with van der Waals surface area (Å²) in [5, 5.41) is 11.6. The number of nitrogens with one attached hydrogen (secondary N) is 1. The molecule has 0 saturated heterocycles. The Morgan fingerprint density at radius 1 is 1.18 bits per heavy atom. The minimum atomic E-state index is -1.09. The molecule has 1 amide bonds. The number of aromatic carboxylic acids is 1. The van der Waals surface area contributed by atoms with E-state index in [1.54, 1.807) is 6.07 Å². The second-order valence-electron chi connectivity index (χ2n) is 4.91. The maximum Gasteiger partial charge on any atom is 0.371 e. The predicted octanol–water partition coefficient (Wildman–Crippen LogP) is 3.47. The normalized spacial score (nSPS) is 10.5. The molecule has 0 bridgehead atoms. The van der Waals surface area contributed by atoms with Gasteiger partial charge in [0.2, 0.25) is 11.7 Å². The molecular formula is C16H17NO4S. The van der Waals surface area contributed by atoms with Crippen LogP contribution in [0.3, 0.4) is 0 Å². The maximum atomic E-state index is 11.9. The summed E-state index contributed by atoms with van der Waals surface area (Å²) in [6.45, 7) is 4.02. The lowest BCUT2D eigenvalue weighted by atomic mass is 10.1. The van der Waals surface area contributed by atoms with Crippen molar-refractivity contribution < 1.29 is 19.1 Å². The molecule has 1 aromatic heterocycles. The highest BCUT2D eigenvalue weighted by Gasteiger charge is 2.10. The topological polar surface area (TPSA) is 79.5 Å². The third-order valence-electron chi connectivity index (χ3n) is 3.14. The largest absolute Gasteiger partial charge is 0.475 e. The molecule has 6 heteroatoms. The molecule has 2 rings (SSSR count). The molecule has 0 fully saturated rings. The second kappa shape index (κ2) is 7.17. The number of rotatable bonds is 6. The smallest absolute Gasteiger partial charge is 0.371 e. The van der Waals surface area contributed by atoms with Crippen molar-refractivity contribution in [2.75, 3.05) is 11.1 Å². The van der Waals surface area contributed by atoms with E-state index >= 15 is 0 Å². The van der Waals surface area contributed by atoms with Gasteiger partial charge in [-0.05, 0) is 49.2 Å². The summed E-state index contributed by atoms with van der Waals surface area (Å²) in [6, 6.07) is 8.79. The van der Waals surface area contributed by atoms with Crippen LogP contribution in [0.25, 0.3) is 0 Å². The Bertz CT molecular complexity index is 693. The van der Waals surface area contributed by atoms with Gasteiger partial charge in [0.1, 0.15) is 5.76 Å². The van der Waals surface area contributed by atoms with Crippen molar-refractivity contribution in [3.63, 3.8) is 0 Å². The molecule has 0 aliphatic rings. The molecule has 1 heterocycles. The van der Waals surface area contributed by atoms with Crippen molar-refractivity contribution in [3.8, 4) is 0 Å². The Labute approximate surface area is 132 Å². The van der Waals surface area contributed by atoms with Crippen LogP contribution < -0.4 is 5.32 Å². The van der Waals surface area contributed by atoms with Crippen LogP contribution in [-0.2, 0) is 10.5 Å². The van der Waals surface area contributed by atoms with Crippen molar-refractivity contribution >= 4 is 29.3 Å². The summed E-state index contributed by atoms with van der Waals surface area (Å²) in [5.41, 5.74) is 3.08. The van der Waals surface area contributed by atoms with Crippen LogP contribution in [0, 0.1) is 13.8 Å². The molecule has 0 saturated carbocycles. The number of amides is 1. The maximum absolute atomic E-state index is 11.9. The minimum Gasteiger partial charge on any atom is -0.475 e. The van der Waals surface area contributed by atoms with Gasteiger partial charge in [-0.25, -0.2) is 4.79 Å². The first-order valence-corrected chi connectivity index (χ1v) is 7.88. The van der Waals surface area contributed by atoms with Crippen LogP contribution in [0.1, 0.15) is 27.4 Å². The molecule has 1 aromatic carbocycles. The second-order valence-corrected chi connectivity index (χ2v) is 5.90. The summed E-state index contributed by atoms with van der Waals surface area (Å²) in [4.78, 5) is 22.5. The van der Waals surface area contributed by atoms with Gasteiger partial charge in [0.15, 0.2) is 0 Å². The molecule has 2 aromatic rings. The molecule has 116 valence electrons. The summed E-state index contributed by atoms with van der Waals surface area (Å²) < 4.78 is 5.12. The van der Waals surface area contributed by atoms with E-state index < -0.39 is 5.97 Å². The van der Waals surface area contributed by atoms with Crippen LogP contribution in [0.4, 0.5) is 5.69 Å². The Hall–Kier alpha value is -2.21. The third-order valence-corrected chi connectivity index (χ3v) is 4.10. The van der Waals surface area contributed by atoms with Gasteiger partial charge in [-0.2, -0.15) is 0 Å². The highest BCUT2D eigenvalue weighted by Crippen LogP contribution is 2.17. The lowest BCUT2D eigenvalue weighted by Gasteiger charge is -2.07. The van der Waals surface area contributed by atoms with Gasteiger partial charge < -0.3 is 14.8 Å². The van der Waals surface area contributed by atoms with Crippen LogP contribution >= 0.6 is 11.8 Å². The number of benzene rings is 1. The number of carboxylic acids is 1. The number of carbonyl (C=O) groups excluding carboxylic acids is 1. The van der Waals surface area contributed by atoms with Crippen molar-refractivity contribution in [3.05, 3.63) is 53.0 Å². The number of hydrogen-bond acceptors (Lipinski definition) is 4. The van der Waals surface area contributed by atoms with E-state index in [4.69, 9.17) is 9.52 Å². The minimum absolute atomic E-state index is 0.0878. The number of carbonyl (C=O) groups is 2. The van der Waals surface area contributed by atoms with Crippen molar-refractivity contribution in [1.82, 2.24) is 0 Å². The van der Waals surface area contributed by atoms with Crippen molar-refractivity contribution in [2.24, 2.45) is 0 Å². The Morgan fingerprint density at radius 3 is 2.59 bits per heavy atom. The van der Waals surface area contributed by atoms with E-state index in [2.05, 4.69) is 5.32 Å². The number of furan rings is 1. The Kier molecular flexibility index (Phi) is 5.27. The average molecular weight is 319 g/mol. The zero-order valence-electron chi connectivity index (χ0n) is 12.4. The molecule has 0 atom stereocenters. The predicted molar refractivity (Wildman–Crippen MR) is 86.4 cm³/mol. The van der Waals surface area contributed by atoms with Crippen LogP contribution in [0.15, 0.2) is 34.7 Å². The number of hydrogen-bond donors (Lipinski definition) is 2. The summed E-state index contributed by atoms with van der Waals surface area (Å²) in [5.74, 6) is -0.0116. The zero-order valence-corrected chi connectivity index (χ0v) is 13.2. The molecule has 22 heavy (non-hydrogen) atoms. The third kappa shape index (κ3) is 4.39. The molecule has 0 unspecified atom stereocenters. The van der Waals surface area contributed by atoms with Gasteiger partial charge in [-0.1, -0.05) is 6.07 Å². The number of anilines is 1. The van der Waals surface area contributed by atoms with Crippen molar-refractivity contribution in [2.45, 2.75) is 19.6 Å². The van der Waals surface area contributed by atoms with E-state index in [1.165, 1.54) is 23.4 Å². The summed E-state index contributed by atoms with van der Waals surface area (Å²) in [6.07, 6.45) is 0. The standard InChI is InChI=1S/C16H17NO4S/c1-10-3-4-12(7-11(10)2)17-15(18)9-22-8-13-5-6-14(21-13)16(19)20/h3-7H,8-9H2,1-2H3,(H,17,18)(H,19,20). The van der Waals surface area contributed by atoms with Gasteiger partial charge in [-0.3, -0.25) is 4.79 Å². The first-order valence-electron chi connectivity index (χ1n) is 6.72. The van der Waals surface area contributed by atoms with Gasteiger partial charge >= 0.3 is 5.97 Å². The van der Waals surface area contributed by atoms with Gasteiger partial charge in [0.05, 0.1) is 11.5 Å². The van der Waals surface area contributed by atoms with Crippen LogP contribution in [-0.4, -0.2) is 22.7 Å². The fraction of sp³-hybridized carbons (Fsp3) is 0.250. The quantitative estimate of drug-likeness (QED) is 0.852. The molecule has 5 nitrogen and oxygen atoms in total. The zero-order chi connectivity index (χ0) is 16.1. The lowest BCUT2D eigenvalue weighted by Crippen LogP contribution is -2.14. The van der Waals surface area contributed by atoms with Gasteiger partial charge in [-0.15, -0.1) is 11.8 Å². The molecule has 0 aliphatic heterocycles. The fourth-order valence-electron chi connectivity index (χ4n) is 1.83. The van der Waals surface area contributed by atoms with Crippen LogP contribution in [0.2, 0.25) is 0 Å². The highest BCUT2D eigenvalue weighted by molar-refractivity contribution is 7.99. The Morgan fingerprint density at radius 2 is 1.95 bits per heavy atom. The van der Waals surface area contributed by atoms with Crippen LogP contribution in [0.5, 0.6) is 0 Å². The first kappa shape index (κ1) is 16.2. The molecule has 2 N–H and O–H groups in total. The Balaban J connectivity index is 1.79. The van der Waals surface area contributed by atoms with Crippen molar-refractivity contribution in [1.29, 1.82) is 0 Å². The average Bonchev–Trinajstić information content (AvgIpc) is 2.92. The lowest BCUT2D eigenvalue weighted by molar-refractivity contribution is -0.113. The van der Waals surface area contributed by atoms with E-state index in [0.717, 1.165) is 11.3 Å². The van der Waals surface area contributed by atoms with Gasteiger partial charge in [0.25, 0.3) is 0 Å². The first-order chi connectivity index (χ1) is 10.5. The number of thioether (sulfide) groups is 1. The highest BCUT2D eigenvalue weighted by atomic mass is 32.2. The molecule has 0 aliphatic carbocycles. The molecule has 0 radical (unpaired) electrons. The number of carboxylic acid groups (broad SMARTS) is 1. The van der Waals surface area contributed by atoms with E-state index in [-0.39, 0.29) is 17.4 Å². The monoisotopic (exact) mass is 319 g/mol. The SMILES string of the molecule is Cc1ccc(NC(=O)CSCc2ccc(C(=O)O)o2)cc1C. The molecular weight excluding hydrogens is 302 g/mol. The summed E-state index contributed by atoms with van der Waals surface area (Å²) >= 11 is 1.37. The van der Waals surface area contributed by atoms with E-state index in [1.807, 2.05) is 32.0 Å². The van der Waals surface area contributed by atoms with E-state index in [9.17, 15) is 9.59 Å². The van der Waals surface area contributed by atoms with E-state index in [0.29, 0.717) is 11.5 Å². The number of aryl methyl sites for hydroxylation is 2. The summed E-state index contributed by atoms with van der Waals surface area (Å²) in [7, 11) is 0. The van der Waals surface area contributed by atoms with Gasteiger partial charge in [0, 0.05) is 5.69 Å². The molecule has 0 spiro atoms. The fourth-order valence-corrected chi connectivity index (χ4v) is 2.55.